The van der Waals surface area contributed by atoms with Crippen LogP contribution in [0.2, 0.25) is 0 Å². The summed E-state index contributed by atoms with van der Waals surface area (Å²) in [5, 5.41) is 3.53. The SMILES string of the molecule is CCCNC(C)CCN(C)C(C)CCC. The van der Waals surface area contributed by atoms with E-state index in [1.54, 1.807) is 0 Å². The molecule has 0 heterocycles. The molecule has 0 aromatic rings. The lowest BCUT2D eigenvalue weighted by molar-refractivity contribution is 0.233. The quantitative estimate of drug-likeness (QED) is 0.635. The predicted molar refractivity (Wildman–Crippen MR) is 69.4 cm³/mol. The van der Waals surface area contributed by atoms with Gasteiger partial charge in [0.1, 0.15) is 0 Å². The summed E-state index contributed by atoms with van der Waals surface area (Å²) in [5.74, 6) is 0. The highest BCUT2D eigenvalue weighted by molar-refractivity contribution is 4.67. The minimum Gasteiger partial charge on any atom is -0.314 e. The van der Waals surface area contributed by atoms with Crippen molar-refractivity contribution >= 4 is 0 Å². The van der Waals surface area contributed by atoms with E-state index in [-0.39, 0.29) is 0 Å². The van der Waals surface area contributed by atoms with Crippen molar-refractivity contribution in [3.05, 3.63) is 0 Å². The molecule has 0 aromatic heterocycles. The summed E-state index contributed by atoms with van der Waals surface area (Å²) in [6.45, 7) is 11.4. The standard InChI is InChI=1S/C13H30N2/c1-6-8-13(4)15(5)11-9-12(3)14-10-7-2/h12-14H,6-11H2,1-5H3. The summed E-state index contributed by atoms with van der Waals surface area (Å²) in [6, 6.07) is 1.38. The van der Waals surface area contributed by atoms with Crippen LogP contribution >= 0.6 is 0 Å². The summed E-state index contributed by atoms with van der Waals surface area (Å²) in [4.78, 5) is 2.48. The van der Waals surface area contributed by atoms with Crippen molar-refractivity contribution in [1.29, 1.82) is 0 Å². The van der Waals surface area contributed by atoms with E-state index in [9.17, 15) is 0 Å². The third kappa shape index (κ3) is 7.80. The van der Waals surface area contributed by atoms with Gasteiger partial charge in [-0.05, 0) is 53.2 Å². The Kier molecular flexibility index (Phi) is 9.12. The van der Waals surface area contributed by atoms with Crippen LogP contribution in [-0.4, -0.2) is 37.1 Å². The van der Waals surface area contributed by atoms with Crippen LogP contribution in [-0.2, 0) is 0 Å². The number of rotatable bonds is 9. The normalized spacial score (nSPS) is 15.6. The average Bonchev–Trinajstić information content (AvgIpc) is 2.23. The molecule has 0 aliphatic carbocycles. The van der Waals surface area contributed by atoms with Crippen LogP contribution in [0.3, 0.4) is 0 Å². The molecule has 0 amide bonds. The molecule has 0 aromatic carbocycles. The van der Waals surface area contributed by atoms with Gasteiger partial charge in [0.15, 0.2) is 0 Å². The lowest BCUT2D eigenvalue weighted by Crippen LogP contribution is -2.35. The van der Waals surface area contributed by atoms with E-state index < -0.39 is 0 Å². The van der Waals surface area contributed by atoms with Gasteiger partial charge in [0, 0.05) is 12.1 Å². The van der Waals surface area contributed by atoms with Crippen molar-refractivity contribution < 1.29 is 0 Å². The topological polar surface area (TPSA) is 15.3 Å². The van der Waals surface area contributed by atoms with Crippen molar-refractivity contribution in [2.45, 2.75) is 65.5 Å². The Hall–Kier alpha value is -0.0800. The third-order valence-corrected chi connectivity index (χ3v) is 3.12. The fourth-order valence-corrected chi connectivity index (χ4v) is 1.75. The maximum Gasteiger partial charge on any atom is 0.00637 e. The lowest BCUT2D eigenvalue weighted by Gasteiger charge is -2.26. The van der Waals surface area contributed by atoms with Gasteiger partial charge < -0.3 is 10.2 Å². The van der Waals surface area contributed by atoms with Gasteiger partial charge in [-0.25, -0.2) is 0 Å². The molecule has 0 aliphatic heterocycles. The molecule has 0 fully saturated rings. The average molecular weight is 214 g/mol. The number of hydrogen-bond donors (Lipinski definition) is 1. The first kappa shape index (κ1) is 14.9. The van der Waals surface area contributed by atoms with Crippen molar-refractivity contribution in [1.82, 2.24) is 10.2 Å². The second kappa shape index (κ2) is 9.17. The number of nitrogens with one attached hydrogen (secondary N) is 1. The largest absolute Gasteiger partial charge is 0.314 e. The van der Waals surface area contributed by atoms with Crippen molar-refractivity contribution in [3.63, 3.8) is 0 Å². The van der Waals surface area contributed by atoms with Crippen molar-refractivity contribution in [2.75, 3.05) is 20.1 Å². The Morgan fingerprint density at radius 2 is 1.73 bits per heavy atom. The lowest BCUT2D eigenvalue weighted by atomic mass is 10.1. The monoisotopic (exact) mass is 214 g/mol. The highest BCUT2D eigenvalue weighted by Crippen LogP contribution is 2.05. The molecule has 15 heavy (non-hydrogen) atoms. The second-order valence-corrected chi connectivity index (χ2v) is 4.76. The Labute approximate surface area is 96.4 Å². The second-order valence-electron chi connectivity index (χ2n) is 4.76. The summed E-state index contributed by atoms with van der Waals surface area (Å²) < 4.78 is 0. The fourth-order valence-electron chi connectivity index (χ4n) is 1.75. The maximum atomic E-state index is 3.53. The highest BCUT2D eigenvalue weighted by Gasteiger charge is 2.09. The molecule has 0 bridgehead atoms. The van der Waals surface area contributed by atoms with Gasteiger partial charge in [0.2, 0.25) is 0 Å². The molecule has 2 atom stereocenters. The van der Waals surface area contributed by atoms with E-state index in [4.69, 9.17) is 0 Å². The van der Waals surface area contributed by atoms with E-state index >= 15 is 0 Å². The minimum absolute atomic E-state index is 0.654. The van der Waals surface area contributed by atoms with Gasteiger partial charge in [-0.1, -0.05) is 20.3 Å². The first-order valence-electron chi connectivity index (χ1n) is 6.55. The predicted octanol–water partition coefficient (Wildman–Crippen LogP) is 2.89. The van der Waals surface area contributed by atoms with E-state index in [1.807, 2.05) is 0 Å². The molecule has 0 aliphatic rings. The highest BCUT2D eigenvalue weighted by atomic mass is 15.1. The van der Waals surface area contributed by atoms with Crippen LogP contribution in [0.15, 0.2) is 0 Å². The molecule has 2 heteroatoms. The smallest absolute Gasteiger partial charge is 0.00637 e. The van der Waals surface area contributed by atoms with Gasteiger partial charge in [-0.3, -0.25) is 0 Å². The Morgan fingerprint density at radius 3 is 2.27 bits per heavy atom. The Bertz CT molecular complexity index is 136. The van der Waals surface area contributed by atoms with Crippen LogP contribution in [0.5, 0.6) is 0 Å². The van der Waals surface area contributed by atoms with Crippen LogP contribution in [0.4, 0.5) is 0 Å². The van der Waals surface area contributed by atoms with Crippen LogP contribution in [0.1, 0.15) is 53.4 Å². The fraction of sp³-hybridized carbons (Fsp3) is 1.00. The minimum atomic E-state index is 0.654. The summed E-state index contributed by atoms with van der Waals surface area (Å²) in [7, 11) is 2.24. The Morgan fingerprint density at radius 1 is 1.07 bits per heavy atom. The first-order valence-corrected chi connectivity index (χ1v) is 6.55. The Balaban J connectivity index is 3.55. The van der Waals surface area contributed by atoms with E-state index in [0.29, 0.717) is 6.04 Å². The van der Waals surface area contributed by atoms with E-state index in [1.165, 1.54) is 32.2 Å². The zero-order valence-corrected chi connectivity index (χ0v) is 11.3. The molecule has 0 saturated heterocycles. The zero-order valence-electron chi connectivity index (χ0n) is 11.3. The summed E-state index contributed by atoms with van der Waals surface area (Å²) in [5.41, 5.74) is 0. The first-order chi connectivity index (χ1) is 7.11. The van der Waals surface area contributed by atoms with Gasteiger partial charge in [-0.15, -0.1) is 0 Å². The molecule has 2 unspecified atom stereocenters. The van der Waals surface area contributed by atoms with Crippen LogP contribution in [0.25, 0.3) is 0 Å². The molecule has 0 radical (unpaired) electrons. The number of hydrogen-bond acceptors (Lipinski definition) is 2. The third-order valence-electron chi connectivity index (χ3n) is 3.12. The molecule has 2 nitrogen and oxygen atoms in total. The van der Waals surface area contributed by atoms with Crippen molar-refractivity contribution in [3.8, 4) is 0 Å². The molecule has 1 N–H and O–H groups in total. The van der Waals surface area contributed by atoms with Gasteiger partial charge in [0.05, 0.1) is 0 Å². The van der Waals surface area contributed by atoms with Gasteiger partial charge in [-0.2, -0.15) is 0 Å². The van der Waals surface area contributed by atoms with E-state index in [2.05, 4.69) is 45.0 Å². The molecule has 0 rings (SSSR count). The number of nitrogens with zero attached hydrogens (tertiary/aromatic N) is 1. The van der Waals surface area contributed by atoms with E-state index in [0.717, 1.165) is 12.6 Å². The maximum absolute atomic E-state index is 3.53. The molecular weight excluding hydrogens is 184 g/mol. The van der Waals surface area contributed by atoms with Gasteiger partial charge >= 0.3 is 0 Å². The summed E-state index contributed by atoms with van der Waals surface area (Å²) in [6.07, 6.45) is 5.08. The molecule has 92 valence electrons. The summed E-state index contributed by atoms with van der Waals surface area (Å²) >= 11 is 0. The molecular formula is C13H30N2. The van der Waals surface area contributed by atoms with Crippen LogP contribution in [0, 0.1) is 0 Å². The van der Waals surface area contributed by atoms with Crippen molar-refractivity contribution in [2.24, 2.45) is 0 Å². The zero-order chi connectivity index (χ0) is 11.7. The van der Waals surface area contributed by atoms with Gasteiger partial charge in [0.25, 0.3) is 0 Å². The molecule has 0 saturated carbocycles. The van der Waals surface area contributed by atoms with Crippen LogP contribution < -0.4 is 5.32 Å². The molecule has 0 spiro atoms.